The van der Waals surface area contributed by atoms with Crippen molar-refractivity contribution in [2.75, 3.05) is 27.3 Å². The standard InChI is InChI=1S/C13H19NO5S.C2H6/c1-18-12-4-3-11(9-13(12)19-2)20(16,17)14-7-5-10(15)6-8-14;1-2/h3-4,9-10,15H,5-8H2,1-2H3;1-2H3. The van der Waals surface area contributed by atoms with E-state index in [1.807, 2.05) is 13.8 Å². The van der Waals surface area contributed by atoms with Crippen LogP contribution in [0.2, 0.25) is 0 Å². The smallest absolute Gasteiger partial charge is 0.243 e. The minimum atomic E-state index is -3.56. The van der Waals surface area contributed by atoms with Crippen LogP contribution in [0.4, 0.5) is 0 Å². The molecule has 0 unspecified atom stereocenters. The van der Waals surface area contributed by atoms with Gasteiger partial charge in [-0.25, -0.2) is 8.42 Å². The molecular formula is C15H25NO5S. The van der Waals surface area contributed by atoms with E-state index in [4.69, 9.17) is 9.47 Å². The van der Waals surface area contributed by atoms with E-state index in [0.717, 1.165) is 0 Å². The Morgan fingerprint density at radius 1 is 1.09 bits per heavy atom. The minimum absolute atomic E-state index is 0.173. The summed E-state index contributed by atoms with van der Waals surface area (Å²) in [6, 6.07) is 4.53. The first-order valence-corrected chi connectivity index (χ1v) is 8.83. The maximum Gasteiger partial charge on any atom is 0.243 e. The van der Waals surface area contributed by atoms with Crippen molar-refractivity contribution in [3.63, 3.8) is 0 Å². The van der Waals surface area contributed by atoms with Gasteiger partial charge in [0.05, 0.1) is 25.2 Å². The monoisotopic (exact) mass is 331 g/mol. The molecule has 0 radical (unpaired) electrons. The second kappa shape index (κ2) is 8.36. The summed E-state index contributed by atoms with van der Waals surface area (Å²) in [5, 5.41) is 9.46. The number of methoxy groups -OCH3 is 2. The number of rotatable bonds is 4. The van der Waals surface area contributed by atoms with Crippen molar-refractivity contribution in [3.05, 3.63) is 18.2 Å². The lowest BCUT2D eigenvalue weighted by atomic mass is 10.1. The topological polar surface area (TPSA) is 76.1 Å². The number of aliphatic hydroxyl groups excluding tert-OH is 1. The number of ether oxygens (including phenoxy) is 2. The quantitative estimate of drug-likeness (QED) is 0.911. The zero-order valence-electron chi connectivity index (χ0n) is 13.6. The molecule has 1 heterocycles. The fourth-order valence-corrected chi connectivity index (χ4v) is 3.69. The van der Waals surface area contributed by atoms with Gasteiger partial charge in [0.2, 0.25) is 10.0 Å². The molecule has 7 heteroatoms. The Kier molecular flexibility index (Phi) is 7.12. The molecule has 6 nitrogen and oxygen atoms in total. The highest BCUT2D eigenvalue weighted by atomic mass is 32.2. The highest BCUT2D eigenvalue weighted by Crippen LogP contribution is 2.31. The van der Waals surface area contributed by atoms with E-state index in [1.165, 1.54) is 30.7 Å². The molecule has 0 amide bonds. The second-order valence-electron chi connectivity index (χ2n) is 4.65. The van der Waals surface area contributed by atoms with Crippen molar-refractivity contribution >= 4 is 10.0 Å². The molecule has 126 valence electrons. The van der Waals surface area contributed by atoms with Gasteiger partial charge in [0.25, 0.3) is 0 Å². The summed E-state index contributed by atoms with van der Waals surface area (Å²) in [6.07, 6.45) is 0.519. The van der Waals surface area contributed by atoms with Gasteiger partial charge in [0, 0.05) is 19.2 Å². The zero-order chi connectivity index (χ0) is 16.8. The molecule has 1 aliphatic rings. The van der Waals surface area contributed by atoms with Crippen LogP contribution in [0.25, 0.3) is 0 Å². The number of hydrogen-bond donors (Lipinski definition) is 1. The molecule has 1 N–H and O–H groups in total. The number of benzene rings is 1. The third-order valence-electron chi connectivity index (χ3n) is 3.42. The molecule has 1 fully saturated rings. The molecule has 0 aromatic heterocycles. The van der Waals surface area contributed by atoms with Crippen LogP contribution in [0.1, 0.15) is 26.7 Å². The third kappa shape index (κ3) is 4.12. The number of piperidine rings is 1. The fourth-order valence-electron chi connectivity index (χ4n) is 2.21. The summed E-state index contributed by atoms with van der Waals surface area (Å²) in [5.74, 6) is 0.867. The van der Waals surface area contributed by atoms with Gasteiger partial charge in [0.15, 0.2) is 11.5 Å². The number of sulfonamides is 1. The summed E-state index contributed by atoms with van der Waals surface area (Å²) in [7, 11) is -0.595. The van der Waals surface area contributed by atoms with Crippen molar-refractivity contribution in [1.82, 2.24) is 4.31 Å². The molecule has 0 aliphatic carbocycles. The first-order valence-electron chi connectivity index (χ1n) is 7.39. The SMILES string of the molecule is CC.COc1ccc(S(=O)(=O)N2CCC(O)CC2)cc1OC. The molecular weight excluding hydrogens is 306 g/mol. The average molecular weight is 331 g/mol. The Labute approximate surface area is 132 Å². The maximum atomic E-state index is 12.5. The Hall–Kier alpha value is -1.31. The van der Waals surface area contributed by atoms with Crippen molar-refractivity contribution in [1.29, 1.82) is 0 Å². The van der Waals surface area contributed by atoms with Gasteiger partial charge in [-0.15, -0.1) is 0 Å². The van der Waals surface area contributed by atoms with Crippen LogP contribution in [-0.2, 0) is 10.0 Å². The lowest BCUT2D eigenvalue weighted by Gasteiger charge is -2.28. The Morgan fingerprint density at radius 2 is 1.64 bits per heavy atom. The van der Waals surface area contributed by atoms with Gasteiger partial charge < -0.3 is 14.6 Å². The Balaban J connectivity index is 0.00000116. The second-order valence-corrected chi connectivity index (χ2v) is 6.59. The van der Waals surface area contributed by atoms with Gasteiger partial charge >= 0.3 is 0 Å². The number of aliphatic hydroxyl groups is 1. The van der Waals surface area contributed by atoms with E-state index in [2.05, 4.69) is 0 Å². The van der Waals surface area contributed by atoms with Gasteiger partial charge in [-0.2, -0.15) is 4.31 Å². The molecule has 1 aromatic carbocycles. The maximum absolute atomic E-state index is 12.5. The van der Waals surface area contributed by atoms with E-state index in [0.29, 0.717) is 37.4 Å². The first-order chi connectivity index (χ1) is 10.5. The van der Waals surface area contributed by atoms with Crippen molar-refractivity contribution < 1.29 is 23.0 Å². The van der Waals surface area contributed by atoms with Crippen molar-refractivity contribution in [2.45, 2.75) is 37.7 Å². The van der Waals surface area contributed by atoms with Crippen LogP contribution in [0.3, 0.4) is 0 Å². The fraction of sp³-hybridized carbons (Fsp3) is 0.600. The van der Waals surface area contributed by atoms with Crippen molar-refractivity contribution in [2.24, 2.45) is 0 Å². The largest absolute Gasteiger partial charge is 0.493 e. The van der Waals surface area contributed by atoms with Crippen LogP contribution in [-0.4, -0.2) is 51.2 Å². The Morgan fingerprint density at radius 3 is 2.14 bits per heavy atom. The molecule has 1 aliphatic heterocycles. The van der Waals surface area contributed by atoms with E-state index >= 15 is 0 Å². The van der Waals surface area contributed by atoms with Crippen LogP contribution < -0.4 is 9.47 Å². The third-order valence-corrected chi connectivity index (χ3v) is 5.31. The predicted octanol–water partition coefficient (Wildman–Crippen LogP) is 1.88. The van der Waals surface area contributed by atoms with Crippen LogP contribution in [0.5, 0.6) is 11.5 Å². The van der Waals surface area contributed by atoms with Crippen molar-refractivity contribution in [3.8, 4) is 11.5 Å². The van der Waals surface area contributed by atoms with Crippen LogP contribution in [0.15, 0.2) is 23.1 Å². The lowest BCUT2D eigenvalue weighted by molar-refractivity contribution is 0.113. The molecule has 0 saturated carbocycles. The molecule has 1 aromatic rings. The predicted molar refractivity (Wildman–Crippen MR) is 84.9 cm³/mol. The highest BCUT2D eigenvalue weighted by Gasteiger charge is 2.29. The summed E-state index contributed by atoms with van der Waals surface area (Å²) in [4.78, 5) is 0.173. The number of nitrogens with zero attached hydrogens (tertiary/aromatic N) is 1. The zero-order valence-corrected chi connectivity index (χ0v) is 14.4. The van der Waals surface area contributed by atoms with Crippen LogP contribution >= 0.6 is 0 Å². The molecule has 2 rings (SSSR count). The summed E-state index contributed by atoms with van der Waals surface area (Å²) >= 11 is 0. The van der Waals surface area contributed by atoms with Gasteiger partial charge in [-0.3, -0.25) is 0 Å². The summed E-state index contributed by atoms with van der Waals surface area (Å²) < 4.78 is 36.6. The molecule has 1 saturated heterocycles. The number of hydrogen-bond acceptors (Lipinski definition) is 5. The van der Waals surface area contributed by atoms with E-state index < -0.39 is 16.1 Å². The molecule has 0 spiro atoms. The molecule has 0 bridgehead atoms. The Bertz CT molecular complexity index is 565. The van der Waals surface area contributed by atoms with Gasteiger partial charge in [-0.05, 0) is 25.0 Å². The molecule has 0 atom stereocenters. The lowest BCUT2D eigenvalue weighted by Crippen LogP contribution is -2.39. The van der Waals surface area contributed by atoms with E-state index in [9.17, 15) is 13.5 Å². The average Bonchev–Trinajstić information content (AvgIpc) is 2.56. The van der Waals surface area contributed by atoms with E-state index in [1.54, 1.807) is 6.07 Å². The van der Waals surface area contributed by atoms with E-state index in [-0.39, 0.29) is 4.90 Å². The summed E-state index contributed by atoms with van der Waals surface area (Å²) in [6.45, 7) is 4.66. The van der Waals surface area contributed by atoms with Gasteiger partial charge in [0.1, 0.15) is 0 Å². The van der Waals surface area contributed by atoms with Gasteiger partial charge in [-0.1, -0.05) is 13.8 Å². The normalized spacial score (nSPS) is 16.6. The first kappa shape index (κ1) is 18.7. The highest BCUT2D eigenvalue weighted by molar-refractivity contribution is 7.89. The van der Waals surface area contributed by atoms with Crippen LogP contribution in [0, 0.1) is 0 Å². The minimum Gasteiger partial charge on any atom is -0.493 e. The molecule has 22 heavy (non-hydrogen) atoms. The summed E-state index contributed by atoms with van der Waals surface area (Å²) in [5.41, 5.74) is 0.